The van der Waals surface area contributed by atoms with Crippen molar-refractivity contribution in [3.63, 3.8) is 0 Å². The molecule has 34 heavy (non-hydrogen) atoms. The standard InChI is InChI=1S/C24H24N4O6/c1-3-33-15-8-9-20(21(12-15)28(31)32)26-22(29)14-34-24(30)23-16-6-4-5-7-18(16)25-19-10-11-27(2)13-17(19)23/h4-9,12H,3,10-11,13-14H2,1-2H3,(H,26,29). The van der Waals surface area contributed by atoms with Gasteiger partial charge in [0.1, 0.15) is 11.4 Å². The van der Waals surface area contributed by atoms with Crippen LogP contribution in [0.25, 0.3) is 10.9 Å². The van der Waals surface area contributed by atoms with Crippen molar-refractivity contribution in [1.29, 1.82) is 0 Å². The van der Waals surface area contributed by atoms with Gasteiger partial charge in [0.2, 0.25) is 0 Å². The largest absolute Gasteiger partial charge is 0.494 e. The minimum Gasteiger partial charge on any atom is -0.494 e. The Hall–Kier alpha value is -4.05. The maximum Gasteiger partial charge on any atom is 0.339 e. The van der Waals surface area contributed by atoms with E-state index in [-0.39, 0.29) is 11.4 Å². The number of nitro groups is 1. The SMILES string of the molecule is CCOc1ccc(NC(=O)COC(=O)c2c3c(nc4ccccc24)CCN(C)C3)c([N+](=O)[O-])c1. The van der Waals surface area contributed by atoms with Gasteiger partial charge in [0, 0.05) is 36.2 Å². The number of benzene rings is 2. The number of nitrogens with zero attached hydrogens (tertiary/aromatic N) is 3. The van der Waals surface area contributed by atoms with Gasteiger partial charge in [-0.2, -0.15) is 0 Å². The summed E-state index contributed by atoms with van der Waals surface area (Å²) in [4.78, 5) is 43.2. The highest BCUT2D eigenvalue weighted by molar-refractivity contribution is 6.06. The van der Waals surface area contributed by atoms with E-state index in [9.17, 15) is 19.7 Å². The fourth-order valence-corrected chi connectivity index (χ4v) is 3.97. The molecule has 0 saturated carbocycles. The molecule has 2 heterocycles. The zero-order chi connectivity index (χ0) is 24.2. The molecule has 0 spiro atoms. The number of esters is 1. The van der Waals surface area contributed by atoms with E-state index in [1.807, 2.05) is 25.2 Å². The Labute approximate surface area is 195 Å². The third kappa shape index (κ3) is 4.81. The van der Waals surface area contributed by atoms with E-state index in [0.29, 0.717) is 41.8 Å². The first-order valence-electron chi connectivity index (χ1n) is 10.8. The molecule has 1 aliphatic heterocycles. The van der Waals surface area contributed by atoms with E-state index in [1.54, 1.807) is 13.0 Å². The number of likely N-dealkylation sites (N-methyl/N-ethyl adjacent to an activating group) is 1. The first-order valence-corrected chi connectivity index (χ1v) is 10.8. The van der Waals surface area contributed by atoms with Crippen molar-refractivity contribution in [2.45, 2.75) is 19.9 Å². The number of carbonyl (C=O) groups is 2. The second-order valence-electron chi connectivity index (χ2n) is 7.91. The highest BCUT2D eigenvalue weighted by Crippen LogP contribution is 2.30. The van der Waals surface area contributed by atoms with Gasteiger partial charge in [-0.05, 0) is 32.2 Å². The average Bonchev–Trinajstić information content (AvgIpc) is 2.82. The van der Waals surface area contributed by atoms with Gasteiger partial charge >= 0.3 is 5.97 Å². The molecular weight excluding hydrogens is 440 g/mol. The first-order chi connectivity index (χ1) is 16.4. The van der Waals surface area contributed by atoms with Crippen molar-refractivity contribution in [3.05, 3.63) is 69.4 Å². The summed E-state index contributed by atoms with van der Waals surface area (Å²) in [5.74, 6) is -1.01. The van der Waals surface area contributed by atoms with Crippen LogP contribution in [0.4, 0.5) is 11.4 Å². The molecule has 2 aromatic carbocycles. The van der Waals surface area contributed by atoms with Gasteiger partial charge in [-0.1, -0.05) is 18.2 Å². The van der Waals surface area contributed by atoms with Crippen molar-refractivity contribution >= 4 is 34.2 Å². The smallest absolute Gasteiger partial charge is 0.339 e. The van der Waals surface area contributed by atoms with E-state index >= 15 is 0 Å². The van der Waals surface area contributed by atoms with Gasteiger partial charge in [-0.3, -0.25) is 19.9 Å². The van der Waals surface area contributed by atoms with E-state index in [1.165, 1.54) is 18.2 Å². The third-order valence-electron chi connectivity index (χ3n) is 5.53. The van der Waals surface area contributed by atoms with Crippen LogP contribution in [0.2, 0.25) is 0 Å². The molecule has 0 radical (unpaired) electrons. The Bertz CT molecular complexity index is 1280. The number of nitrogens with one attached hydrogen (secondary N) is 1. The lowest BCUT2D eigenvalue weighted by atomic mass is 9.96. The van der Waals surface area contributed by atoms with Crippen LogP contribution in [-0.2, 0) is 22.5 Å². The molecule has 1 N–H and O–H groups in total. The zero-order valence-electron chi connectivity index (χ0n) is 18.9. The number of carbonyl (C=O) groups excluding carboxylic acids is 2. The summed E-state index contributed by atoms with van der Waals surface area (Å²) in [6.45, 7) is 2.89. The van der Waals surface area contributed by atoms with Crippen molar-refractivity contribution in [2.24, 2.45) is 0 Å². The molecule has 0 aliphatic carbocycles. The Morgan fingerprint density at radius 3 is 2.79 bits per heavy atom. The molecule has 10 nitrogen and oxygen atoms in total. The van der Waals surface area contributed by atoms with Crippen LogP contribution in [0.3, 0.4) is 0 Å². The monoisotopic (exact) mass is 464 g/mol. The number of amides is 1. The lowest BCUT2D eigenvalue weighted by Crippen LogP contribution is -2.30. The maximum absolute atomic E-state index is 13.1. The van der Waals surface area contributed by atoms with Crippen molar-refractivity contribution in [1.82, 2.24) is 9.88 Å². The van der Waals surface area contributed by atoms with E-state index in [2.05, 4.69) is 10.2 Å². The number of anilines is 1. The number of para-hydroxylation sites is 1. The van der Waals surface area contributed by atoms with Crippen LogP contribution in [-0.4, -0.2) is 53.5 Å². The van der Waals surface area contributed by atoms with E-state index in [0.717, 1.165) is 17.8 Å². The molecule has 176 valence electrons. The number of nitro benzene ring substituents is 1. The van der Waals surface area contributed by atoms with Gasteiger partial charge in [-0.15, -0.1) is 0 Å². The highest BCUT2D eigenvalue weighted by Gasteiger charge is 2.26. The minimum absolute atomic E-state index is 0.0112. The molecule has 0 atom stereocenters. The van der Waals surface area contributed by atoms with Gasteiger partial charge in [0.15, 0.2) is 6.61 Å². The topological polar surface area (TPSA) is 124 Å². The highest BCUT2D eigenvalue weighted by atomic mass is 16.6. The van der Waals surface area contributed by atoms with Crippen molar-refractivity contribution in [3.8, 4) is 5.75 Å². The zero-order valence-corrected chi connectivity index (χ0v) is 18.9. The molecule has 3 aromatic rings. The summed E-state index contributed by atoms with van der Waals surface area (Å²) < 4.78 is 10.6. The first kappa shape index (κ1) is 23.1. The lowest BCUT2D eigenvalue weighted by Gasteiger charge is -2.26. The number of ether oxygens (including phenoxy) is 2. The van der Waals surface area contributed by atoms with Crippen LogP contribution in [0.15, 0.2) is 42.5 Å². The predicted octanol–water partition coefficient (Wildman–Crippen LogP) is 3.33. The van der Waals surface area contributed by atoms with E-state index in [4.69, 9.17) is 14.5 Å². The number of hydrogen-bond donors (Lipinski definition) is 1. The van der Waals surface area contributed by atoms with Crippen molar-refractivity contribution in [2.75, 3.05) is 32.1 Å². The molecule has 4 rings (SSSR count). The second-order valence-corrected chi connectivity index (χ2v) is 7.91. The van der Waals surface area contributed by atoms with Gasteiger partial charge in [0.05, 0.1) is 28.7 Å². The van der Waals surface area contributed by atoms with Crippen LogP contribution < -0.4 is 10.1 Å². The summed E-state index contributed by atoms with van der Waals surface area (Å²) in [7, 11) is 1.96. The number of pyridine rings is 1. The van der Waals surface area contributed by atoms with Crippen LogP contribution in [0.1, 0.15) is 28.5 Å². The summed E-state index contributed by atoms with van der Waals surface area (Å²) >= 11 is 0. The second kappa shape index (κ2) is 9.84. The Balaban J connectivity index is 1.53. The molecule has 0 fully saturated rings. The molecule has 0 bridgehead atoms. The molecular formula is C24H24N4O6. The summed E-state index contributed by atoms with van der Waals surface area (Å²) in [6.07, 6.45) is 0.707. The minimum atomic E-state index is -0.690. The van der Waals surface area contributed by atoms with Crippen LogP contribution >= 0.6 is 0 Å². The van der Waals surface area contributed by atoms with Crippen LogP contribution in [0, 0.1) is 10.1 Å². The summed E-state index contributed by atoms with van der Waals surface area (Å²) in [5.41, 5.74) is 2.39. The Morgan fingerprint density at radius 1 is 1.24 bits per heavy atom. The molecule has 10 heteroatoms. The van der Waals surface area contributed by atoms with Gasteiger partial charge < -0.3 is 19.7 Å². The fraction of sp³-hybridized carbons (Fsp3) is 0.292. The predicted molar refractivity (Wildman–Crippen MR) is 125 cm³/mol. The maximum atomic E-state index is 13.1. The summed E-state index contributed by atoms with van der Waals surface area (Å²) in [5, 5.41) is 14.5. The molecule has 0 saturated heterocycles. The van der Waals surface area contributed by atoms with E-state index < -0.39 is 23.4 Å². The van der Waals surface area contributed by atoms with Crippen LogP contribution in [0.5, 0.6) is 5.75 Å². The number of hydrogen-bond acceptors (Lipinski definition) is 8. The molecule has 0 unspecified atom stereocenters. The number of aromatic nitrogens is 1. The third-order valence-corrected chi connectivity index (χ3v) is 5.53. The van der Waals surface area contributed by atoms with Gasteiger partial charge in [-0.25, -0.2) is 4.79 Å². The molecule has 1 amide bonds. The number of rotatable bonds is 7. The molecule has 1 aliphatic rings. The lowest BCUT2D eigenvalue weighted by molar-refractivity contribution is -0.384. The van der Waals surface area contributed by atoms with Crippen molar-refractivity contribution < 1.29 is 24.0 Å². The fourth-order valence-electron chi connectivity index (χ4n) is 3.97. The Morgan fingerprint density at radius 2 is 2.03 bits per heavy atom. The van der Waals surface area contributed by atoms with Gasteiger partial charge in [0.25, 0.3) is 11.6 Å². The molecule has 1 aromatic heterocycles. The average molecular weight is 464 g/mol. The normalized spacial score (nSPS) is 13.2. The number of fused-ring (bicyclic) bond motifs is 2. The Kier molecular flexibility index (Phi) is 6.69. The summed E-state index contributed by atoms with van der Waals surface area (Å²) in [6, 6.07) is 11.4. The quantitative estimate of drug-likeness (QED) is 0.321.